The first-order valence-electron chi connectivity index (χ1n) is 9.82. The SMILES string of the molecule is Cc1cc(OCC(=O)NC(c2nc(C3CC3)no2)C(C)C)c(C(C)C)cc1Cl. The molecule has 1 saturated carbocycles. The molecule has 152 valence electrons. The molecule has 1 amide bonds. The minimum atomic E-state index is -0.340. The number of nitrogens with one attached hydrogen (secondary N) is 1. The van der Waals surface area contributed by atoms with Crippen LogP contribution in [0.25, 0.3) is 0 Å². The van der Waals surface area contributed by atoms with Gasteiger partial charge in [-0.05, 0) is 54.9 Å². The quantitative estimate of drug-likeness (QED) is 0.674. The number of ether oxygens (including phenoxy) is 1. The smallest absolute Gasteiger partial charge is 0.258 e. The average Bonchev–Trinajstić information content (AvgIpc) is 3.37. The molecule has 1 heterocycles. The summed E-state index contributed by atoms with van der Waals surface area (Å²) in [6.45, 7) is 9.97. The lowest BCUT2D eigenvalue weighted by Crippen LogP contribution is -2.35. The summed E-state index contributed by atoms with van der Waals surface area (Å²) in [6.07, 6.45) is 2.20. The molecule has 1 unspecified atom stereocenters. The molecule has 1 aromatic carbocycles. The molecule has 0 aliphatic heterocycles. The van der Waals surface area contributed by atoms with Crippen molar-refractivity contribution in [1.82, 2.24) is 15.5 Å². The third-order valence-electron chi connectivity index (χ3n) is 4.92. The number of hydrogen-bond acceptors (Lipinski definition) is 5. The summed E-state index contributed by atoms with van der Waals surface area (Å²) in [5, 5.41) is 7.71. The van der Waals surface area contributed by atoms with E-state index >= 15 is 0 Å². The fourth-order valence-electron chi connectivity index (χ4n) is 3.00. The summed E-state index contributed by atoms with van der Waals surface area (Å²) < 4.78 is 11.2. The Balaban J connectivity index is 1.66. The van der Waals surface area contributed by atoms with Gasteiger partial charge in [0.15, 0.2) is 12.4 Å². The van der Waals surface area contributed by atoms with Crippen molar-refractivity contribution in [3.63, 3.8) is 0 Å². The highest BCUT2D eigenvalue weighted by molar-refractivity contribution is 6.31. The number of carbonyl (C=O) groups is 1. The van der Waals surface area contributed by atoms with Gasteiger partial charge in [-0.3, -0.25) is 4.79 Å². The summed E-state index contributed by atoms with van der Waals surface area (Å²) in [7, 11) is 0. The van der Waals surface area contributed by atoms with E-state index in [0.717, 1.165) is 29.8 Å². The lowest BCUT2D eigenvalue weighted by atomic mass is 10.0. The van der Waals surface area contributed by atoms with Crippen LogP contribution in [0.4, 0.5) is 0 Å². The molecule has 2 aromatic rings. The zero-order valence-electron chi connectivity index (χ0n) is 17.1. The van der Waals surface area contributed by atoms with Crippen molar-refractivity contribution in [3.8, 4) is 5.75 Å². The van der Waals surface area contributed by atoms with Gasteiger partial charge in [0.1, 0.15) is 11.8 Å². The van der Waals surface area contributed by atoms with Crippen molar-refractivity contribution < 1.29 is 14.1 Å². The number of nitrogens with zero attached hydrogens (tertiary/aromatic N) is 2. The second kappa shape index (κ2) is 8.52. The Morgan fingerprint density at radius 3 is 2.64 bits per heavy atom. The molecule has 1 aromatic heterocycles. The van der Waals surface area contributed by atoms with Crippen LogP contribution in [0.15, 0.2) is 16.7 Å². The van der Waals surface area contributed by atoms with E-state index in [0.29, 0.717) is 22.6 Å². The number of hydrogen-bond donors (Lipinski definition) is 1. The fourth-order valence-corrected chi connectivity index (χ4v) is 3.17. The average molecular weight is 406 g/mol. The van der Waals surface area contributed by atoms with Crippen LogP contribution in [0.3, 0.4) is 0 Å². The Kier molecular flexibility index (Phi) is 6.28. The first-order chi connectivity index (χ1) is 13.3. The van der Waals surface area contributed by atoms with Gasteiger partial charge in [-0.25, -0.2) is 0 Å². The highest BCUT2D eigenvalue weighted by Gasteiger charge is 2.31. The van der Waals surface area contributed by atoms with Gasteiger partial charge in [0.05, 0.1) is 0 Å². The van der Waals surface area contributed by atoms with E-state index in [2.05, 4.69) is 29.3 Å². The molecular weight excluding hydrogens is 378 g/mol. The lowest BCUT2D eigenvalue weighted by molar-refractivity contribution is -0.124. The first-order valence-corrected chi connectivity index (χ1v) is 10.2. The molecule has 1 fully saturated rings. The van der Waals surface area contributed by atoms with Crippen LogP contribution in [0.1, 0.15) is 81.3 Å². The molecule has 1 atom stereocenters. The van der Waals surface area contributed by atoms with E-state index in [-0.39, 0.29) is 30.4 Å². The number of halogens is 1. The molecule has 1 aliphatic carbocycles. The van der Waals surface area contributed by atoms with Gasteiger partial charge >= 0.3 is 0 Å². The Bertz CT molecular complexity index is 843. The summed E-state index contributed by atoms with van der Waals surface area (Å²) in [5.41, 5.74) is 1.90. The standard InChI is InChI=1S/C21H28ClN3O3/c1-11(2)15-9-16(22)13(5)8-17(15)27-10-18(26)23-19(12(3)4)21-24-20(25-28-21)14-6-7-14/h8-9,11-12,14,19H,6-7,10H2,1-5H3,(H,23,26). The van der Waals surface area contributed by atoms with Crippen LogP contribution in [-0.2, 0) is 4.79 Å². The maximum atomic E-state index is 12.5. The molecule has 0 bridgehead atoms. The zero-order chi connectivity index (χ0) is 20.4. The Morgan fingerprint density at radius 1 is 1.32 bits per heavy atom. The highest BCUT2D eigenvalue weighted by atomic mass is 35.5. The van der Waals surface area contributed by atoms with Crippen molar-refractivity contribution in [3.05, 3.63) is 40.0 Å². The summed E-state index contributed by atoms with van der Waals surface area (Å²) in [5.74, 6) is 2.40. The molecule has 0 spiro atoms. The summed E-state index contributed by atoms with van der Waals surface area (Å²) in [6, 6.07) is 3.45. The van der Waals surface area contributed by atoms with Crippen LogP contribution in [0.5, 0.6) is 5.75 Å². The molecular formula is C21H28ClN3O3. The molecule has 1 aliphatic rings. The van der Waals surface area contributed by atoms with Gasteiger partial charge < -0.3 is 14.6 Å². The Labute approximate surface area is 171 Å². The van der Waals surface area contributed by atoms with Gasteiger partial charge in [0.25, 0.3) is 5.91 Å². The number of aryl methyl sites for hydroxylation is 1. The second-order valence-corrected chi connectivity index (χ2v) is 8.54. The van der Waals surface area contributed by atoms with Crippen molar-refractivity contribution in [2.24, 2.45) is 5.92 Å². The maximum absolute atomic E-state index is 12.5. The van der Waals surface area contributed by atoms with Crippen molar-refractivity contribution in [2.75, 3.05) is 6.61 Å². The molecule has 6 nitrogen and oxygen atoms in total. The number of carbonyl (C=O) groups excluding carboxylic acids is 1. The lowest BCUT2D eigenvalue weighted by Gasteiger charge is -2.20. The topological polar surface area (TPSA) is 77.2 Å². The van der Waals surface area contributed by atoms with E-state index in [4.69, 9.17) is 20.9 Å². The predicted molar refractivity (Wildman–Crippen MR) is 108 cm³/mol. The Morgan fingerprint density at radius 2 is 2.04 bits per heavy atom. The monoisotopic (exact) mass is 405 g/mol. The number of aromatic nitrogens is 2. The molecule has 1 N–H and O–H groups in total. The van der Waals surface area contributed by atoms with Gasteiger partial charge in [-0.15, -0.1) is 0 Å². The van der Waals surface area contributed by atoms with Gasteiger partial charge in [0, 0.05) is 10.9 Å². The highest BCUT2D eigenvalue weighted by Crippen LogP contribution is 2.38. The maximum Gasteiger partial charge on any atom is 0.258 e. The molecule has 0 saturated heterocycles. The third kappa shape index (κ3) is 4.85. The second-order valence-electron chi connectivity index (χ2n) is 8.14. The number of benzene rings is 1. The van der Waals surface area contributed by atoms with Gasteiger partial charge in [-0.1, -0.05) is 44.5 Å². The zero-order valence-corrected chi connectivity index (χ0v) is 17.8. The number of rotatable bonds is 8. The van der Waals surface area contributed by atoms with Crippen molar-refractivity contribution in [2.45, 2.75) is 65.3 Å². The van der Waals surface area contributed by atoms with Crippen molar-refractivity contribution in [1.29, 1.82) is 0 Å². The van der Waals surface area contributed by atoms with E-state index in [9.17, 15) is 4.79 Å². The molecule has 0 radical (unpaired) electrons. The number of amides is 1. The normalized spacial score (nSPS) is 15.1. The summed E-state index contributed by atoms with van der Waals surface area (Å²) >= 11 is 6.23. The summed E-state index contributed by atoms with van der Waals surface area (Å²) in [4.78, 5) is 17.0. The van der Waals surface area contributed by atoms with Crippen LogP contribution in [-0.4, -0.2) is 22.7 Å². The van der Waals surface area contributed by atoms with E-state index in [1.807, 2.05) is 32.9 Å². The van der Waals surface area contributed by atoms with Crippen LogP contribution < -0.4 is 10.1 Å². The predicted octanol–water partition coefficient (Wildman–Crippen LogP) is 4.92. The van der Waals surface area contributed by atoms with E-state index < -0.39 is 0 Å². The van der Waals surface area contributed by atoms with E-state index in [1.54, 1.807) is 0 Å². The minimum absolute atomic E-state index is 0.0897. The van der Waals surface area contributed by atoms with Crippen LogP contribution in [0, 0.1) is 12.8 Å². The molecule has 28 heavy (non-hydrogen) atoms. The fraction of sp³-hybridized carbons (Fsp3) is 0.571. The molecule has 3 rings (SSSR count). The first kappa shape index (κ1) is 20.6. The third-order valence-corrected chi connectivity index (χ3v) is 5.33. The minimum Gasteiger partial charge on any atom is -0.483 e. The largest absolute Gasteiger partial charge is 0.483 e. The van der Waals surface area contributed by atoms with Crippen LogP contribution >= 0.6 is 11.6 Å². The Hall–Kier alpha value is -2.08. The van der Waals surface area contributed by atoms with Crippen LogP contribution in [0.2, 0.25) is 5.02 Å². The van der Waals surface area contributed by atoms with Gasteiger partial charge in [0.2, 0.25) is 5.89 Å². The molecule has 7 heteroatoms. The van der Waals surface area contributed by atoms with Crippen molar-refractivity contribution >= 4 is 17.5 Å². The van der Waals surface area contributed by atoms with E-state index in [1.165, 1.54) is 0 Å². The van der Waals surface area contributed by atoms with Gasteiger partial charge in [-0.2, -0.15) is 4.98 Å².